The topological polar surface area (TPSA) is 95.9 Å². The summed E-state index contributed by atoms with van der Waals surface area (Å²) < 4.78 is 73.1. The third-order valence-electron chi connectivity index (χ3n) is 8.99. The third-order valence-corrected chi connectivity index (χ3v) is 9.56. The average Bonchev–Trinajstić information content (AvgIpc) is 3.48. The van der Waals surface area contributed by atoms with Gasteiger partial charge in [-0.15, -0.1) is 0 Å². The Morgan fingerprint density at radius 3 is 2.53 bits per heavy atom. The average molecular weight is 506 g/mol. The van der Waals surface area contributed by atoms with Crippen LogP contribution < -0.4 is 4.74 Å². The van der Waals surface area contributed by atoms with Gasteiger partial charge in [0.15, 0.2) is 21.6 Å². The van der Waals surface area contributed by atoms with E-state index in [2.05, 4.69) is 13.1 Å². The van der Waals surface area contributed by atoms with E-state index in [1.54, 1.807) is 0 Å². The molecule has 3 aliphatic carbocycles. The van der Waals surface area contributed by atoms with Gasteiger partial charge in [-0.25, -0.2) is 8.42 Å². The second kappa shape index (κ2) is 7.47. The van der Waals surface area contributed by atoms with Gasteiger partial charge in [-0.3, -0.25) is 0 Å². The number of phenolic OH excluding ortho intramolecular Hbond substituents is 1. The van der Waals surface area contributed by atoms with E-state index in [4.69, 9.17) is 22.4 Å². The molecule has 5 atom stereocenters. The van der Waals surface area contributed by atoms with Gasteiger partial charge in [-0.05, 0) is 43.7 Å². The van der Waals surface area contributed by atoms with Crippen LogP contribution in [-0.4, -0.2) is 73.1 Å². The van der Waals surface area contributed by atoms with E-state index in [0.717, 1.165) is 48.3 Å². The number of alkyl halides is 3. The monoisotopic (exact) mass is 505 g/mol. The summed E-state index contributed by atoms with van der Waals surface area (Å²) in [6.07, 6.45) is 8.52. The number of phenols is 1. The predicted octanol–water partition coefficient (Wildman–Crippen LogP) is 3.20. The van der Waals surface area contributed by atoms with Crippen molar-refractivity contribution in [2.24, 2.45) is 5.92 Å². The van der Waals surface area contributed by atoms with Gasteiger partial charge in [0.1, 0.15) is 17.7 Å². The van der Waals surface area contributed by atoms with E-state index in [9.17, 15) is 18.3 Å². The first-order valence-corrected chi connectivity index (χ1v) is 13.1. The van der Waals surface area contributed by atoms with Gasteiger partial charge in [0.2, 0.25) is 0 Å². The second-order valence-electron chi connectivity index (χ2n) is 10.7. The van der Waals surface area contributed by atoms with Crippen LogP contribution in [0.15, 0.2) is 12.1 Å². The summed E-state index contributed by atoms with van der Waals surface area (Å²) in [4.78, 5) is 0. The van der Waals surface area contributed by atoms with Crippen molar-refractivity contribution in [1.29, 1.82) is 0 Å². The summed E-state index contributed by atoms with van der Waals surface area (Å²) in [7, 11) is -1.66. The van der Waals surface area contributed by atoms with Gasteiger partial charge in [0, 0.05) is 31.4 Å². The first-order valence-electron chi connectivity index (χ1n) is 11.7. The van der Waals surface area contributed by atoms with E-state index in [0.29, 0.717) is 11.8 Å². The highest BCUT2D eigenvalue weighted by Gasteiger charge is 2.75. The normalized spacial score (nSPS) is 37.8. The number of quaternary nitrogens is 1. The van der Waals surface area contributed by atoms with Gasteiger partial charge in [-0.1, -0.05) is 6.07 Å². The molecule has 34 heavy (non-hydrogen) atoms. The molecule has 0 radical (unpaired) electrons. The number of nitrogens with zero attached hydrogens (tertiary/aromatic N) is 1. The van der Waals surface area contributed by atoms with Gasteiger partial charge < -0.3 is 23.6 Å². The van der Waals surface area contributed by atoms with Crippen LogP contribution in [0.25, 0.3) is 0 Å². The minimum absolute atomic E-state index is 0.0619. The van der Waals surface area contributed by atoms with E-state index in [1.807, 2.05) is 13.2 Å². The number of hydrogen-bond donors (Lipinski definition) is 1. The molecule has 7 nitrogen and oxygen atoms in total. The van der Waals surface area contributed by atoms with Gasteiger partial charge in [0.25, 0.3) is 0 Å². The van der Waals surface area contributed by atoms with E-state index >= 15 is 0 Å². The summed E-state index contributed by atoms with van der Waals surface area (Å²) in [6, 6.07) is 4.51. The Morgan fingerprint density at radius 1 is 1.26 bits per heavy atom. The molecule has 1 N–H and O–H groups in total. The molecular formula is C23H30F3NO6S. The van der Waals surface area contributed by atoms with Crippen LogP contribution >= 0.6 is 0 Å². The maximum atomic E-state index is 10.7. The van der Waals surface area contributed by atoms with Crippen LogP contribution in [0.1, 0.15) is 49.7 Å². The molecule has 1 spiro atoms. The molecule has 0 amide bonds. The highest BCUT2D eigenvalue weighted by atomic mass is 32.2. The van der Waals surface area contributed by atoms with Crippen LogP contribution in [0.4, 0.5) is 13.2 Å². The van der Waals surface area contributed by atoms with E-state index in [1.165, 1.54) is 37.1 Å². The zero-order valence-corrected chi connectivity index (χ0v) is 20.0. The summed E-state index contributed by atoms with van der Waals surface area (Å²) in [6.45, 7) is 2.51. The highest BCUT2D eigenvalue weighted by molar-refractivity contribution is 7.86. The molecule has 0 aromatic heterocycles. The number of ether oxygens (including phenoxy) is 2. The molecule has 2 saturated carbocycles. The molecule has 5 aliphatic rings. The maximum Gasteiger partial charge on any atom is 0.485 e. The molecule has 1 saturated heterocycles. The Hall–Kier alpha value is -1.56. The Kier molecular flexibility index (Phi) is 5.31. The Labute approximate surface area is 197 Å². The number of rotatable bonds is 3. The van der Waals surface area contributed by atoms with Crippen molar-refractivity contribution in [3.8, 4) is 11.5 Å². The smallest absolute Gasteiger partial charge is 0.485 e. The number of hydrogen-bond acceptors (Lipinski definition) is 6. The fraction of sp³-hybridized carbons (Fsp3) is 0.739. The number of halogens is 3. The molecule has 2 bridgehead atoms. The van der Waals surface area contributed by atoms with Crippen molar-refractivity contribution in [3.63, 3.8) is 0 Å². The Bertz CT molecular complexity index is 1110. The van der Waals surface area contributed by atoms with Gasteiger partial charge in [0.05, 0.1) is 25.6 Å². The molecule has 1 aromatic rings. The van der Waals surface area contributed by atoms with E-state index in [-0.39, 0.29) is 17.1 Å². The molecule has 11 heteroatoms. The molecule has 1 unspecified atom stereocenters. The lowest BCUT2D eigenvalue weighted by Crippen LogP contribution is -2.80. The van der Waals surface area contributed by atoms with Crippen LogP contribution in [-0.2, 0) is 26.7 Å². The molecule has 190 valence electrons. The van der Waals surface area contributed by atoms with Crippen molar-refractivity contribution in [2.75, 3.05) is 27.2 Å². The fourth-order valence-corrected chi connectivity index (χ4v) is 7.53. The first-order chi connectivity index (χ1) is 15.8. The molecule has 6 rings (SSSR count). The molecule has 1 aromatic carbocycles. The standard InChI is InChI=1S/C22H29NO3.CHF3O3S/c1-23(13-14-5-6-14)11-10-21-18-4-3-9-22(21,25-2)17(23)12-15-7-8-16(24)20(26-18)19(15)21;2-1(3,4)8(5,6)7/h7-8,14,17-18H,3-6,9-13H2,1-2H3;(H,5,6,7)/t17-,18+,21-,22-,23?;/m1./s1. The minimum Gasteiger partial charge on any atom is -0.741 e. The molecule has 3 fully saturated rings. The molecule has 2 heterocycles. The highest BCUT2D eigenvalue weighted by Crippen LogP contribution is 2.67. The Morgan fingerprint density at radius 2 is 1.94 bits per heavy atom. The van der Waals surface area contributed by atoms with Crippen molar-refractivity contribution in [1.82, 2.24) is 0 Å². The largest absolute Gasteiger partial charge is 0.741 e. The Balaban J connectivity index is 0.000000262. The van der Waals surface area contributed by atoms with Crippen LogP contribution in [0, 0.1) is 5.92 Å². The zero-order valence-electron chi connectivity index (χ0n) is 19.2. The zero-order chi connectivity index (χ0) is 24.7. The number of likely N-dealkylation sites (N-methyl/N-ethyl adjacent to an activating group) is 1. The number of benzene rings is 1. The quantitative estimate of drug-likeness (QED) is 0.385. The second-order valence-corrected chi connectivity index (χ2v) is 12.1. The third kappa shape index (κ3) is 3.23. The fourth-order valence-electron chi connectivity index (χ4n) is 7.53. The van der Waals surface area contributed by atoms with E-state index < -0.39 is 15.6 Å². The lowest BCUT2D eigenvalue weighted by molar-refractivity contribution is -0.950. The lowest BCUT2D eigenvalue weighted by atomic mass is 9.48. The number of methoxy groups -OCH3 is 1. The maximum absolute atomic E-state index is 10.7. The van der Waals surface area contributed by atoms with Crippen LogP contribution in [0.2, 0.25) is 0 Å². The number of piperidine rings is 1. The van der Waals surface area contributed by atoms with Gasteiger partial charge in [-0.2, -0.15) is 13.2 Å². The molecule has 2 aliphatic heterocycles. The van der Waals surface area contributed by atoms with Gasteiger partial charge >= 0.3 is 5.51 Å². The number of likely N-dealkylation sites (tertiary alicyclic amines) is 1. The first kappa shape index (κ1) is 24.1. The SMILES string of the molecule is CO[C@@]12CCC[C@@H]3Oc4c(O)ccc5c4[C@@]31CC[N+](C)(CC1CC1)[C@@H]2C5.O=S(=O)([O-])C(F)(F)F. The van der Waals surface area contributed by atoms with Crippen LogP contribution in [0.3, 0.4) is 0 Å². The van der Waals surface area contributed by atoms with Crippen molar-refractivity contribution in [2.45, 2.75) is 73.6 Å². The number of aromatic hydroxyl groups is 1. The molecular weight excluding hydrogens is 475 g/mol. The summed E-state index contributed by atoms with van der Waals surface area (Å²) >= 11 is 0. The van der Waals surface area contributed by atoms with Crippen molar-refractivity contribution < 1.29 is 45.2 Å². The summed E-state index contributed by atoms with van der Waals surface area (Å²) in [5.41, 5.74) is -3.15. The van der Waals surface area contributed by atoms with Crippen LogP contribution in [0.5, 0.6) is 11.5 Å². The lowest BCUT2D eigenvalue weighted by Gasteiger charge is -2.66. The van der Waals surface area contributed by atoms with Crippen molar-refractivity contribution in [3.05, 3.63) is 23.3 Å². The minimum atomic E-state index is -6.09. The van der Waals surface area contributed by atoms with Crippen molar-refractivity contribution >= 4 is 10.1 Å². The summed E-state index contributed by atoms with van der Waals surface area (Å²) in [5.74, 6) is 2.00. The predicted molar refractivity (Wildman–Crippen MR) is 114 cm³/mol. The summed E-state index contributed by atoms with van der Waals surface area (Å²) in [5, 5.41) is 10.5.